The zero-order valence-corrected chi connectivity index (χ0v) is 13.5. The quantitative estimate of drug-likeness (QED) is 0.718. The van der Waals surface area contributed by atoms with Crippen LogP contribution >= 0.6 is 23.1 Å². The molecule has 1 aromatic carbocycles. The maximum atomic E-state index is 13.4. The maximum Gasteiger partial charge on any atom is 0.173 e. The normalized spacial score (nSPS) is 10.6. The lowest BCUT2D eigenvalue weighted by Crippen LogP contribution is -1.96. The van der Waals surface area contributed by atoms with Crippen molar-refractivity contribution in [2.24, 2.45) is 0 Å². The van der Waals surface area contributed by atoms with Crippen molar-refractivity contribution in [1.82, 2.24) is 9.97 Å². The lowest BCUT2D eigenvalue weighted by atomic mass is 10.2. The van der Waals surface area contributed by atoms with Crippen LogP contribution < -0.4 is 5.32 Å². The van der Waals surface area contributed by atoms with Gasteiger partial charge >= 0.3 is 0 Å². The molecular weight excluding hydrogens is 319 g/mol. The Kier molecular flexibility index (Phi) is 3.96. The van der Waals surface area contributed by atoms with E-state index in [0.717, 1.165) is 14.7 Å². The summed E-state index contributed by atoms with van der Waals surface area (Å²) in [6.45, 7) is 1.70. The Morgan fingerprint density at radius 2 is 2.23 bits per heavy atom. The number of hydrogen-bond acceptors (Lipinski definition) is 6. The molecular formula is C15H11FN4S2. The number of aryl methyl sites for hydroxylation is 1. The van der Waals surface area contributed by atoms with Crippen LogP contribution in [-0.2, 0) is 0 Å². The number of benzene rings is 1. The van der Waals surface area contributed by atoms with Crippen LogP contribution in [-0.4, -0.2) is 16.2 Å². The van der Waals surface area contributed by atoms with E-state index in [0.29, 0.717) is 22.5 Å². The number of halogens is 1. The zero-order chi connectivity index (χ0) is 15.7. The summed E-state index contributed by atoms with van der Waals surface area (Å²) in [4.78, 5) is 8.62. The molecule has 0 aliphatic rings. The summed E-state index contributed by atoms with van der Waals surface area (Å²) in [6.07, 6.45) is 3.45. The second-order valence-electron chi connectivity index (χ2n) is 4.58. The van der Waals surface area contributed by atoms with Crippen LogP contribution in [0.4, 0.5) is 15.8 Å². The number of fused-ring (bicyclic) bond motifs is 1. The average Bonchev–Trinajstić information content (AvgIpc) is 2.95. The van der Waals surface area contributed by atoms with Crippen LogP contribution in [0.1, 0.15) is 11.1 Å². The van der Waals surface area contributed by atoms with E-state index in [9.17, 15) is 9.65 Å². The van der Waals surface area contributed by atoms with Gasteiger partial charge in [-0.15, -0.1) is 11.3 Å². The first kappa shape index (κ1) is 14.8. The van der Waals surface area contributed by atoms with Crippen molar-refractivity contribution in [1.29, 1.82) is 5.26 Å². The summed E-state index contributed by atoms with van der Waals surface area (Å²) < 4.78 is 15.1. The Labute approximate surface area is 135 Å². The number of hydrogen-bond donors (Lipinski definition) is 1. The van der Waals surface area contributed by atoms with Gasteiger partial charge in [-0.25, -0.2) is 14.4 Å². The summed E-state index contributed by atoms with van der Waals surface area (Å²) in [5, 5.41) is 12.5. The molecule has 2 heterocycles. The lowest BCUT2D eigenvalue weighted by molar-refractivity contribution is 0.619. The highest BCUT2D eigenvalue weighted by Crippen LogP contribution is 2.35. The standard InChI is InChI=1S/C15H11FN4S2/c1-8-5-10(3-4-11(8)16)19-12-9(6-17)7-18-14-13(12)22-15(20-14)21-2/h3-5,7H,1-2H3,(H,18,19). The molecule has 110 valence electrons. The van der Waals surface area contributed by atoms with E-state index in [1.165, 1.54) is 35.4 Å². The van der Waals surface area contributed by atoms with Gasteiger partial charge in [0.1, 0.15) is 11.9 Å². The minimum absolute atomic E-state index is 0.256. The van der Waals surface area contributed by atoms with Gasteiger partial charge in [0.15, 0.2) is 9.99 Å². The Balaban J connectivity index is 2.13. The monoisotopic (exact) mass is 330 g/mol. The van der Waals surface area contributed by atoms with Gasteiger partial charge < -0.3 is 5.32 Å². The van der Waals surface area contributed by atoms with Gasteiger partial charge in [0.2, 0.25) is 0 Å². The minimum atomic E-state index is -0.256. The zero-order valence-electron chi connectivity index (χ0n) is 11.8. The molecule has 0 saturated carbocycles. The first-order valence-corrected chi connectivity index (χ1v) is 8.43. The number of anilines is 2. The SMILES string of the molecule is CSc1nc2ncc(C#N)c(Nc3ccc(F)c(C)c3)c2s1. The van der Waals surface area contributed by atoms with Crippen molar-refractivity contribution in [3.05, 3.63) is 41.3 Å². The number of thiazole rings is 1. The van der Waals surface area contributed by atoms with Gasteiger partial charge in [0, 0.05) is 11.9 Å². The third kappa shape index (κ3) is 2.63. The smallest absolute Gasteiger partial charge is 0.173 e. The first-order valence-electron chi connectivity index (χ1n) is 6.39. The molecule has 0 spiro atoms. The molecule has 0 atom stereocenters. The number of rotatable bonds is 3. The van der Waals surface area contributed by atoms with E-state index in [2.05, 4.69) is 21.4 Å². The third-order valence-corrected chi connectivity index (χ3v) is 5.17. The summed E-state index contributed by atoms with van der Waals surface area (Å²) in [6, 6.07) is 6.89. The molecule has 4 nitrogen and oxygen atoms in total. The van der Waals surface area contributed by atoms with Crippen molar-refractivity contribution < 1.29 is 4.39 Å². The number of nitriles is 1. The number of pyridine rings is 1. The van der Waals surface area contributed by atoms with Crippen LogP contribution in [0, 0.1) is 24.1 Å². The second kappa shape index (κ2) is 5.91. The molecule has 2 aromatic heterocycles. The van der Waals surface area contributed by atoms with E-state index in [1.807, 2.05) is 6.26 Å². The van der Waals surface area contributed by atoms with Gasteiger partial charge in [-0.2, -0.15) is 5.26 Å². The Morgan fingerprint density at radius 1 is 1.41 bits per heavy atom. The summed E-state index contributed by atoms with van der Waals surface area (Å²) in [5.41, 5.74) is 2.97. The Bertz CT molecular complexity index is 898. The summed E-state index contributed by atoms with van der Waals surface area (Å²) in [5.74, 6) is -0.256. The number of aromatic nitrogens is 2. The fourth-order valence-electron chi connectivity index (χ4n) is 2.02. The molecule has 0 radical (unpaired) electrons. The predicted octanol–water partition coefficient (Wildman–Crippen LogP) is 4.48. The molecule has 1 N–H and O–H groups in total. The molecule has 3 aromatic rings. The number of nitrogens with one attached hydrogen (secondary N) is 1. The third-order valence-electron chi connectivity index (χ3n) is 3.12. The molecule has 0 fully saturated rings. The lowest BCUT2D eigenvalue weighted by Gasteiger charge is -2.09. The molecule has 0 aliphatic carbocycles. The molecule has 3 rings (SSSR count). The van der Waals surface area contributed by atoms with Gasteiger partial charge in [0.05, 0.1) is 16.0 Å². The highest BCUT2D eigenvalue weighted by molar-refractivity contribution is 8.00. The molecule has 0 unspecified atom stereocenters. The predicted molar refractivity (Wildman–Crippen MR) is 88.3 cm³/mol. The van der Waals surface area contributed by atoms with Gasteiger partial charge in [-0.1, -0.05) is 11.8 Å². The highest BCUT2D eigenvalue weighted by atomic mass is 32.2. The first-order chi connectivity index (χ1) is 10.6. The average molecular weight is 330 g/mol. The van der Waals surface area contributed by atoms with Crippen molar-refractivity contribution in [3.63, 3.8) is 0 Å². The van der Waals surface area contributed by atoms with Crippen LogP contribution in [0.25, 0.3) is 10.3 Å². The van der Waals surface area contributed by atoms with E-state index in [-0.39, 0.29) is 5.82 Å². The molecule has 0 saturated heterocycles. The molecule has 0 amide bonds. The summed E-state index contributed by atoms with van der Waals surface area (Å²) >= 11 is 3.02. The van der Waals surface area contributed by atoms with E-state index in [1.54, 1.807) is 19.1 Å². The van der Waals surface area contributed by atoms with Gasteiger partial charge in [-0.3, -0.25) is 0 Å². The highest BCUT2D eigenvalue weighted by Gasteiger charge is 2.14. The Morgan fingerprint density at radius 3 is 2.91 bits per heavy atom. The summed E-state index contributed by atoms with van der Waals surface area (Å²) in [7, 11) is 0. The van der Waals surface area contributed by atoms with Crippen molar-refractivity contribution >= 4 is 44.8 Å². The van der Waals surface area contributed by atoms with E-state index < -0.39 is 0 Å². The van der Waals surface area contributed by atoms with Crippen LogP contribution in [0.5, 0.6) is 0 Å². The van der Waals surface area contributed by atoms with Crippen molar-refractivity contribution in [3.8, 4) is 6.07 Å². The van der Waals surface area contributed by atoms with Gasteiger partial charge in [0.25, 0.3) is 0 Å². The fraction of sp³-hybridized carbons (Fsp3) is 0.133. The molecule has 22 heavy (non-hydrogen) atoms. The Hall–Kier alpha value is -2.17. The van der Waals surface area contributed by atoms with Crippen LogP contribution in [0.3, 0.4) is 0 Å². The number of nitrogens with zero attached hydrogens (tertiary/aromatic N) is 3. The molecule has 7 heteroatoms. The van der Waals surface area contributed by atoms with E-state index in [4.69, 9.17) is 0 Å². The van der Waals surface area contributed by atoms with E-state index >= 15 is 0 Å². The maximum absolute atomic E-state index is 13.4. The van der Waals surface area contributed by atoms with Gasteiger partial charge in [-0.05, 0) is 36.9 Å². The van der Waals surface area contributed by atoms with Crippen molar-refractivity contribution in [2.45, 2.75) is 11.3 Å². The second-order valence-corrected chi connectivity index (χ2v) is 6.64. The topological polar surface area (TPSA) is 61.6 Å². The minimum Gasteiger partial charge on any atom is -0.353 e. The number of thioether (sulfide) groups is 1. The fourth-order valence-corrected chi connectivity index (χ4v) is 3.54. The molecule has 0 bridgehead atoms. The van der Waals surface area contributed by atoms with Crippen LogP contribution in [0.15, 0.2) is 28.7 Å². The largest absolute Gasteiger partial charge is 0.353 e. The van der Waals surface area contributed by atoms with Crippen LogP contribution in [0.2, 0.25) is 0 Å². The van der Waals surface area contributed by atoms with Crippen molar-refractivity contribution in [2.75, 3.05) is 11.6 Å². The molecule has 0 aliphatic heterocycles.